The molecule has 0 aliphatic heterocycles. The fourth-order valence-corrected chi connectivity index (χ4v) is 2.54. The number of nitrogens with zero attached hydrogens (tertiary/aromatic N) is 1. The van der Waals surface area contributed by atoms with Crippen LogP contribution in [0, 0.1) is 5.92 Å². The van der Waals surface area contributed by atoms with Gasteiger partial charge in [-0.25, -0.2) is 18.6 Å². The lowest BCUT2D eigenvalue weighted by Gasteiger charge is -2.28. The maximum atomic E-state index is 12.7. The first-order valence-electron chi connectivity index (χ1n) is 6.29. The van der Waals surface area contributed by atoms with E-state index in [0.29, 0.717) is 6.42 Å². The van der Waals surface area contributed by atoms with Crippen LogP contribution < -0.4 is 0 Å². The van der Waals surface area contributed by atoms with Crippen molar-refractivity contribution in [3.05, 3.63) is 17.3 Å². The third kappa shape index (κ3) is 3.33. The number of halogens is 5. The first kappa shape index (κ1) is 15.7. The lowest BCUT2D eigenvalue weighted by molar-refractivity contribution is -0.183. The van der Waals surface area contributed by atoms with E-state index >= 15 is 0 Å². The van der Waals surface area contributed by atoms with E-state index < -0.39 is 41.9 Å². The van der Waals surface area contributed by atoms with Crippen LogP contribution in [0.2, 0.25) is 0 Å². The largest absolute Gasteiger partial charge is 0.475 e. The van der Waals surface area contributed by atoms with Crippen molar-refractivity contribution >= 4 is 5.97 Å². The molecule has 9 heteroatoms. The highest BCUT2D eigenvalue weighted by molar-refractivity contribution is 5.85. The minimum atomic E-state index is -4.37. The third-order valence-electron chi connectivity index (χ3n) is 3.56. The van der Waals surface area contributed by atoms with E-state index in [-0.39, 0.29) is 25.2 Å². The van der Waals surface area contributed by atoms with Crippen molar-refractivity contribution in [1.29, 1.82) is 0 Å². The zero-order valence-corrected chi connectivity index (χ0v) is 10.7. The van der Waals surface area contributed by atoms with Crippen molar-refractivity contribution in [3.63, 3.8) is 0 Å². The number of oxazole rings is 1. The van der Waals surface area contributed by atoms with Crippen LogP contribution in [0.4, 0.5) is 22.0 Å². The molecule has 21 heavy (non-hydrogen) atoms. The summed E-state index contributed by atoms with van der Waals surface area (Å²) >= 11 is 0. The van der Waals surface area contributed by atoms with Crippen LogP contribution >= 0.6 is 0 Å². The predicted molar refractivity (Wildman–Crippen MR) is 59.2 cm³/mol. The normalized spacial score (nSPS) is 23.5. The Bertz CT molecular complexity index is 525. The summed E-state index contributed by atoms with van der Waals surface area (Å²) in [7, 11) is 0. The van der Waals surface area contributed by atoms with E-state index in [0.717, 1.165) is 0 Å². The summed E-state index contributed by atoms with van der Waals surface area (Å²) < 4.78 is 68.2. The minimum absolute atomic E-state index is 0.0335. The van der Waals surface area contributed by atoms with Crippen LogP contribution in [-0.2, 0) is 0 Å². The second-order valence-electron chi connectivity index (χ2n) is 4.97. The highest BCUT2D eigenvalue weighted by Crippen LogP contribution is 2.44. The van der Waals surface area contributed by atoms with Gasteiger partial charge in [0.25, 0.3) is 6.43 Å². The van der Waals surface area contributed by atoms with Crippen molar-refractivity contribution in [2.75, 3.05) is 0 Å². The lowest BCUT2D eigenvalue weighted by Crippen LogP contribution is -2.28. The number of aromatic nitrogens is 1. The third-order valence-corrected chi connectivity index (χ3v) is 3.56. The van der Waals surface area contributed by atoms with Crippen molar-refractivity contribution in [1.82, 2.24) is 4.98 Å². The molecule has 0 amide bonds. The van der Waals surface area contributed by atoms with Gasteiger partial charge in [-0.2, -0.15) is 13.2 Å². The van der Waals surface area contributed by atoms with Crippen molar-refractivity contribution < 1.29 is 36.3 Å². The smallest absolute Gasteiger partial charge is 0.391 e. The van der Waals surface area contributed by atoms with Gasteiger partial charge in [0.1, 0.15) is 0 Å². The Morgan fingerprint density at radius 2 is 2.00 bits per heavy atom. The van der Waals surface area contributed by atoms with E-state index in [9.17, 15) is 26.7 Å². The van der Waals surface area contributed by atoms with Gasteiger partial charge < -0.3 is 9.52 Å². The summed E-state index contributed by atoms with van der Waals surface area (Å²) in [6, 6.07) is 0. The van der Waals surface area contributed by atoms with Gasteiger partial charge in [0.15, 0.2) is 11.6 Å². The van der Waals surface area contributed by atoms with Crippen LogP contribution in [0.25, 0.3) is 0 Å². The molecule has 0 saturated heterocycles. The number of carboxylic acid groups (broad SMARTS) is 1. The van der Waals surface area contributed by atoms with Gasteiger partial charge in [-0.05, 0) is 19.3 Å². The summed E-state index contributed by atoms with van der Waals surface area (Å²) in [6.07, 6.45) is -7.33. The number of hydrogen-bond donors (Lipinski definition) is 1. The highest BCUT2D eigenvalue weighted by atomic mass is 19.4. The molecule has 2 atom stereocenters. The van der Waals surface area contributed by atoms with E-state index in [2.05, 4.69) is 4.98 Å². The molecule has 1 N–H and O–H groups in total. The molecule has 0 spiro atoms. The standard InChI is InChI=1S/C12H12F5NO3/c13-9(14)7-8(11(19)20)21-10(18-7)5-2-1-3-6(4-5)12(15,16)17/h5-6,9H,1-4H2,(H,19,20). The molecule has 1 aromatic rings. The Labute approximate surface area is 116 Å². The van der Waals surface area contributed by atoms with E-state index in [4.69, 9.17) is 9.52 Å². The van der Waals surface area contributed by atoms with Gasteiger partial charge >= 0.3 is 12.1 Å². The van der Waals surface area contributed by atoms with Crippen LogP contribution in [0.3, 0.4) is 0 Å². The molecule has 0 radical (unpaired) electrons. The topological polar surface area (TPSA) is 63.3 Å². The maximum absolute atomic E-state index is 12.7. The maximum Gasteiger partial charge on any atom is 0.391 e. The fraction of sp³-hybridized carbons (Fsp3) is 0.667. The molecule has 0 aromatic carbocycles. The zero-order chi connectivity index (χ0) is 15.8. The molecule has 1 heterocycles. The summed E-state index contributed by atoms with van der Waals surface area (Å²) in [5, 5.41) is 8.76. The average molecular weight is 313 g/mol. The molecule has 1 aliphatic rings. The number of rotatable bonds is 3. The molecule has 0 bridgehead atoms. The Balaban J connectivity index is 2.25. The van der Waals surface area contributed by atoms with Gasteiger partial charge in [-0.1, -0.05) is 6.42 Å². The minimum Gasteiger partial charge on any atom is -0.475 e. The summed E-state index contributed by atoms with van der Waals surface area (Å²) in [5.74, 6) is -5.42. The van der Waals surface area contributed by atoms with Crippen LogP contribution in [-0.4, -0.2) is 22.2 Å². The molecule has 2 unspecified atom stereocenters. The number of aromatic carboxylic acids is 1. The molecule has 1 aromatic heterocycles. The Hall–Kier alpha value is -1.67. The first-order chi connectivity index (χ1) is 9.70. The highest BCUT2D eigenvalue weighted by Gasteiger charge is 2.43. The number of carbonyl (C=O) groups is 1. The Kier molecular flexibility index (Phi) is 4.20. The van der Waals surface area contributed by atoms with Crippen LogP contribution in [0.5, 0.6) is 0 Å². The number of alkyl halides is 5. The van der Waals surface area contributed by atoms with Crippen LogP contribution in [0.1, 0.15) is 60.2 Å². The van der Waals surface area contributed by atoms with Crippen molar-refractivity contribution in [2.24, 2.45) is 5.92 Å². The molecule has 4 nitrogen and oxygen atoms in total. The molecule has 1 saturated carbocycles. The molecular weight excluding hydrogens is 301 g/mol. The average Bonchev–Trinajstić information content (AvgIpc) is 2.83. The fourth-order valence-electron chi connectivity index (χ4n) is 2.54. The van der Waals surface area contributed by atoms with Crippen molar-refractivity contribution in [3.8, 4) is 0 Å². The van der Waals surface area contributed by atoms with Gasteiger partial charge in [0, 0.05) is 5.92 Å². The van der Waals surface area contributed by atoms with Gasteiger partial charge in [-0.15, -0.1) is 0 Å². The summed E-state index contributed by atoms with van der Waals surface area (Å²) in [4.78, 5) is 14.2. The first-order valence-corrected chi connectivity index (χ1v) is 6.29. The summed E-state index contributed by atoms with van der Waals surface area (Å²) in [5.41, 5.74) is -1.04. The Morgan fingerprint density at radius 3 is 2.48 bits per heavy atom. The number of hydrogen-bond acceptors (Lipinski definition) is 3. The predicted octanol–water partition coefficient (Wildman–Crippen LogP) is 4.15. The van der Waals surface area contributed by atoms with E-state index in [1.807, 2.05) is 0 Å². The Morgan fingerprint density at radius 1 is 1.33 bits per heavy atom. The quantitative estimate of drug-likeness (QED) is 0.852. The van der Waals surface area contributed by atoms with E-state index in [1.165, 1.54) is 0 Å². The molecule has 2 rings (SSSR count). The van der Waals surface area contributed by atoms with Gasteiger partial charge in [0.2, 0.25) is 5.76 Å². The van der Waals surface area contributed by atoms with Gasteiger partial charge in [0.05, 0.1) is 5.92 Å². The van der Waals surface area contributed by atoms with Crippen molar-refractivity contribution in [2.45, 2.75) is 44.2 Å². The zero-order valence-electron chi connectivity index (χ0n) is 10.7. The molecule has 1 fully saturated rings. The molecule has 118 valence electrons. The molecular formula is C12H12F5NO3. The second-order valence-corrected chi connectivity index (χ2v) is 4.97. The van der Waals surface area contributed by atoms with Gasteiger partial charge in [-0.3, -0.25) is 0 Å². The molecule has 1 aliphatic carbocycles. The summed E-state index contributed by atoms with van der Waals surface area (Å²) in [6.45, 7) is 0. The number of carboxylic acids is 1. The second kappa shape index (κ2) is 5.61. The monoisotopic (exact) mass is 313 g/mol. The lowest BCUT2D eigenvalue weighted by atomic mass is 9.81. The van der Waals surface area contributed by atoms with Crippen LogP contribution in [0.15, 0.2) is 4.42 Å². The van der Waals surface area contributed by atoms with E-state index in [1.54, 1.807) is 0 Å². The SMILES string of the molecule is O=C(O)c1oc(C2CCCC(C(F)(F)F)C2)nc1C(F)F.